The van der Waals surface area contributed by atoms with Gasteiger partial charge in [0.25, 0.3) is 0 Å². The van der Waals surface area contributed by atoms with Gasteiger partial charge < -0.3 is 20.5 Å². The van der Waals surface area contributed by atoms with Gasteiger partial charge in [0.1, 0.15) is 5.82 Å². The van der Waals surface area contributed by atoms with Crippen LogP contribution in [0.4, 0.5) is 5.69 Å². The van der Waals surface area contributed by atoms with Gasteiger partial charge >= 0.3 is 0 Å². The van der Waals surface area contributed by atoms with Crippen LogP contribution in [0, 0.1) is 5.92 Å². The number of carbonyl (C=O) groups is 3. The lowest BCUT2D eigenvalue weighted by molar-refractivity contribution is -0.132. The number of likely N-dealkylation sites (tertiary alicyclic amines) is 1. The largest absolute Gasteiger partial charge is 0.370 e. The SMILES string of the molecule is NC(=O)CCc1nnc(SCC(=O)N2CCC(C(=O)Nc3ccccc3)CC2)n1C1CC1. The Morgan fingerprint density at radius 1 is 1.06 bits per heavy atom. The smallest absolute Gasteiger partial charge is 0.233 e. The third-order valence-corrected chi connectivity index (χ3v) is 6.75. The summed E-state index contributed by atoms with van der Waals surface area (Å²) in [5.74, 6) is 0.645. The average molecular weight is 457 g/mol. The van der Waals surface area contributed by atoms with E-state index in [1.807, 2.05) is 35.2 Å². The molecule has 0 spiro atoms. The van der Waals surface area contributed by atoms with Crippen LogP contribution < -0.4 is 11.1 Å². The van der Waals surface area contributed by atoms with Gasteiger partial charge in [0.2, 0.25) is 17.7 Å². The Morgan fingerprint density at radius 2 is 1.78 bits per heavy atom. The summed E-state index contributed by atoms with van der Waals surface area (Å²) in [6.07, 6.45) is 4.13. The first kappa shape index (κ1) is 22.3. The second-order valence-corrected chi connectivity index (χ2v) is 9.21. The number of benzene rings is 1. The third-order valence-electron chi connectivity index (χ3n) is 5.83. The number of aryl methyl sites for hydroxylation is 1. The van der Waals surface area contributed by atoms with Crippen molar-refractivity contribution in [3.8, 4) is 0 Å². The Bertz CT molecular complexity index is 967. The monoisotopic (exact) mass is 456 g/mol. The van der Waals surface area contributed by atoms with Gasteiger partial charge in [-0.05, 0) is 37.8 Å². The summed E-state index contributed by atoms with van der Waals surface area (Å²) < 4.78 is 2.06. The summed E-state index contributed by atoms with van der Waals surface area (Å²) in [4.78, 5) is 38.2. The Hall–Kier alpha value is -2.88. The molecule has 3 amide bonds. The number of aromatic nitrogens is 3. The van der Waals surface area contributed by atoms with Gasteiger partial charge in [-0.25, -0.2) is 0 Å². The molecule has 0 unspecified atom stereocenters. The van der Waals surface area contributed by atoms with Crippen molar-refractivity contribution in [1.82, 2.24) is 19.7 Å². The average Bonchev–Trinajstić information content (AvgIpc) is 3.56. The van der Waals surface area contributed by atoms with E-state index in [2.05, 4.69) is 20.1 Å². The van der Waals surface area contributed by atoms with Gasteiger partial charge in [-0.2, -0.15) is 0 Å². The lowest BCUT2D eigenvalue weighted by Gasteiger charge is -2.31. The number of hydrogen-bond donors (Lipinski definition) is 2. The van der Waals surface area contributed by atoms with Crippen molar-refractivity contribution < 1.29 is 14.4 Å². The normalized spacial score (nSPS) is 16.7. The summed E-state index contributed by atoms with van der Waals surface area (Å²) in [6, 6.07) is 9.77. The molecule has 1 aromatic heterocycles. The van der Waals surface area contributed by atoms with Crippen LogP contribution in [0.3, 0.4) is 0 Å². The quantitative estimate of drug-likeness (QED) is 0.557. The Labute approximate surface area is 191 Å². The number of piperidine rings is 1. The van der Waals surface area contributed by atoms with Crippen molar-refractivity contribution in [2.45, 2.75) is 49.7 Å². The number of thioether (sulfide) groups is 1. The minimum atomic E-state index is -0.361. The zero-order valence-electron chi connectivity index (χ0n) is 17.9. The van der Waals surface area contributed by atoms with E-state index in [4.69, 9.17) is 5.73 Å². The highest BCUT2D eigenvalue weighted by molar-refractivity contribution is 7.99. The maximum absolute atomic E-state index is 12.7. The molecule has 170 valence electrons. The highest BCUT2D eigenvalue weighted by Crippen LogP contribution is 2.39. The van der Waals surface area contributed by atoms with Crippen molar-refractivity contribution in [2.24, 2.45) is 11.7 Å². The first-order valence-corrected chi connectivity index (χ1v) is 12.0. The zero-order chi connectivity index (χ0) is 22.5. The molecule has 2 fully saturated rings. The van der Waals surface area contributed by atoms with E-state index in [1.165, 1.54) is 11.8 Å². The van der Waals surface area contributed by atoms with Gasteiger partial charge in [-0.3, -0.25) is 14.4 Å². The Kier molecular flexibility index (Phi) is 7.09. The fourth-order valence-corrected chi connectivity index (χ4v) is 4.81. The number of hydrogen-bond acceptors (Lipinski definition) is 6. The number of nitrogens with zero attached hydrogens (tertiary/aromatic N) is 4. The van der Waals surface area contributed by atoms with Crippen LogP contribution in [0.5, 0.6) is 0 Å². The molecule has 9 nitrogen and oxygen atoms in total. The number of primary amides is 1. The molecule has 1 aliphatic carbocycles. The molecule has 1 saturated carbocycles. The Morgan fingerprint density at radius 3 is 2.44 bits per heavy atom. The molecule has 2 aromatic rings. The van der Waals surface area contributed by atoms with E-state index in [9.17, 15) is 14.4 Å². The minimum Gasteiger partial charge on any atom is -0.370 e. The second-order valence-electron chi connectivity index (χ2n) is 8.27. The van der Waals surface area contributed by atoms with E-state index in [1.54, 1.807) is 0 Å². The van der Waals surface area contributed by atoms with Crippen molar-refractivity contribution in [3.05, 3.63) is 36.2 Å². The topological polar surface area (TPSA) is 123 Å². The summed E-state index contributed by atoms with van der Waals surface area (Å²) >= 11 is 1.38. The van der Waals surface area contributed by atoms with E-state index in [0.717, 1.165) is 29.5 Å². The lowest BCUT2D eigenvalue weighted by atomic mass is 9.96. The number of para-hydroxylation sites is 1. The molecule has 0 bridgehead atoms. The van der Waals surface area contributed by atoms with Crippen LogP contribution in [-0.2, 0) is 20.8 Å². The highest BCUT2D eigenvalue weighted by atomic mass is 32.2. The molecule has 32 heavy (non-hydrogen) atoms. The van der Waals surface area contributed by atoms with Crippen molar-refractivity contribution >= 4 is 35.2 Å². The maximum atomic E-state index is 12.7. The van der Waals surface area contributed by atoms with E-state index >= 15 is 0 Å². The van der Waals surface area contributed by atoms with Gasteiger partial charge in [-0.1, -0.05) is 30.0 Å². The molecule has 1 saturated heterocycles. The molecule has 2 aliphatic rings. The summed E-state index contributed by atoms with van der Waals surface area (Å²) in [5.41, 5.74) is 6.05. The number of anilines is 1. The van der Waals surface area contributed by atoms with Crippen LogP contribution in [0.25, 0.3) is 0 Å². The minimum absolute atomic E-state index is 0.0127. The molecule has 0 radical (unpaired) electrons. The molecule has 0 atom stereocenters. The molecule has 4 rings (SSSR count). The molecule has 1 aromatic carbocycles. The van der Waals surface area contributed by atoms with Crippen LogP contribution in [0.15, 0.2) is 35.5 Å². The fraction of sp³-hybridized carbons (Fsp3) is 0.500. The van der Waals surface area contributed by atoms with E-state index in [-0.39, 0.29) is 35.8 Å². The summed E-state index contributed by atoms with van der Waals surface area (Å²) in [7, 11) is 0. The zero-order valence-corrected chi connectivity index (χ0v) is 18.7. The van der Waals surface area contributed by atoms with Crippen molar-refractivity contribution in [1.29, 1.82) is 0 Å². The first-order valence-electron chi connectivity index (χ1n) is 11.0. The van der Waals surface area contributed by atoms with Gasteiger partial charge in [0.05, 0.1) is 5.75 Å². The highest BCUT2D eigenvalue weighted by Gasteiger charge is 2.31. The van der Waals surface area contributed by atoms with E-state index in [0.29, 0.717) is 38.4 Å². The molecular weight excluding hydrogens is 428 g/mol. The molecule has 2 heterocycles. The number of rotatable bonds is 9. The van der Waals surface area contributed by atoms with Crippen molar-refractivity contribution in [3.63, 3.8) is 0 Å². The maximum Gasteiger partial charge on any atom is 0.233 e. The first-order chi connectivity index (χ1) is 15.5. The number of amides is 3. The standard InChI is InChI=1S/C22H28N6O3S/c23-18(29)8-9-19-25-26-22(28(19)17-6-7-17)32-14-20(30)27-12-10-15(11-13-27)21(31)24-16-4-2-1-3-5-16/h1-5,15,17H,6-14H2,(H2,23,29)(H,24,31). The molecule has 10 heteroatoms. The molecule has 1 aliphatic heterocycles. The lowest BCUT2D eigenvalue weighted by Crippen LogP contribution is -2.42. The predicted octanol–water partition coefficient (Wildman–Crippen LogP) is 2.00. The third kappa shape index (κ3) is 5.67. The number of carbonyl (C=O) groups excluding carboxylic acids is 3. The van der Waals surface area contributed by atoms with Crippen LogP contribution in [-0.4, -0.2) is 56.2 Å². The molecular formula is C22H28N6O3S. The summed E-state index contributed by atoms with van der Waals surface area (Å²) in [6.45, 7) is 1.15. The van der Waals surface area contributed by atoms with Crippen LogP contribution >= 0.6 is 11.8 Å². The number of nitrogens with two attached hydrogens (primary N) is 1. The van der Waals surface area contributed by atoms with Gasteiger partial charge in [0, 0.05) is 43.6 Å². The van der Waals surface area contributed by atoms with Crippen LogP contribution in [0.1, 0.15) is 44.0 Å². The van der Waals surface area contributed by atoms with E-state index < -0.39 is 0 Å². The van der Waals surface area contributed by atoms with Crippen molar-refractivity contribution in [2.75, 3.05) is 24.2 Å². The molecule has 3 N–H and O–H groups in total. The predicted molar refractivity (Wildman–Crippen MR) is 121 cm³/mol. The summed E-state index contributed by atoms with van der Waals surface area (Å²) in [5, 5.41) is 12.1. The van der Waals surface area contributed by atoms with Gasteiger partial charge in [-0.15, -0.1) is 10.2 Å². The fourth-order valence-electron chi connectivity index (χ4n) is 3.89. The van der Waals surface area contributed by atoms with Crippen LogP contribution in [0.2, 0.25) is 0 Å². The van der Waals surface area contributed by atoms with Gasteiger partial charge in [0.15, 0.2) is 5.16 Å². The number of nitrogens with one attached hydrogen (secondary N) is 1. The Balaban J connectivity index is 1.26. The second kappa shape index (κ2) is 10.2.